The van der Waals surface area contributed by atoms with E-state index in [-0.39, 0.29) is 0 Å². The minimum atomic E-state index is -0.527. The fourth-order valence-corrected chi connectivity index (χ4v) is 1.39. The largest absolute Gasteiger partial charge is 0.384 e. The summed E-state index contributed by atoms with van der Waals surface area (Å²) in [7, 11) is 0. The van der Waals surface area contributed by atoms with Crippen molar-refractivity contribution in [2.24, 2.45) is 5.73 Å². The summed E-state index contributed by atoms with van der Waals surface area (Å²) in [6.45, 7) is 0.416. The highest BCUT2D eigenvalue weighted by Crippen LogP contribution is 2.13. The molecule has 2 aromatic heterocycles. The summed E-state index contributed by atoms with van der Waals surface area (Å²) in [6, 6.07) is 3.26. The Bertz CT molecular complexity index is 535. The lowest BCUT2D eigenvalue weighted by atomic mass is 10.2. The Morgan fingerprint density at radius 1 is 1.53 bits per heavy atom. The molecule has 6 N–H and O–H groups in total. The fraction of sp³-hybridized carbons (Fsp3) is 0.100. The monoisotopic (exact) mass is 232 g/mol. The van der Waals surface area contributed by atoms with Crippen LogP contribution < -0.4 is 16.8 Å². The van der Waals surface area contributed by atoms with E-state index in [4.69, 9.17) is 11.5 Å². The average molecular weight is 232 g/mol. The number of anilines is 2. The summed E-state index contributed by atoms with van der Waals surface area (Å²) < 4.78 is 0. The number of H-pyrrole nitrogens is 1. The molecule has 0 aliphatic carbocycles. The number of nitrogens with two attached hydrogens (primary N) is 2. The molecule has 2 heterocycles. The molecule has 1 amide bonds. The molecule has 0 saturated carbocycles. The first-order chi connectivity index (χ1) is 8.18. The number of rotatable bonds is 4. The van der Waals surface area contributed by atoms with E-state index in [0.717, 1.165) is 5.56 Å². The molecule has 0 aromatic carbocycles. The molecule has 0 radical (unpaired) electrons. The van der Waals surface area contributed by atoms with Crippen molar-refractivity contribution in [1.29, 1.82) is 0 Å². The van der Waals surface area contributed by atoms with Crippen LogP contribution in [0.2, 0.25) is 0 Å². The molecule has 7 nitrogen and oxygen atoms in total. The van der Waals surface area contributed by atoms with Crippen LogP contribution in [0.1, 0.15) is 15.9 Å². The Balaban J connectivity index is 2.14. The minimum Gasteiger partial charge on any atom is -0.384 e. The van der Waals surface area contributed by atoms with Gasteiger partial charge in [0, 0.05) is 18.3 Å². The van der Waals surface area contributed by atoms with Gasteiger partial charge in [-0.15, -0.1) is 0 Å². The normalized spacial score (nSPS) is 10.1. The van der Waals surface area contributed by atoms with E-state index < -0.39 is 5.91 Å². The second kappa shape index (κ2) is 4.52. The molecule has 0 fully saturated rings. The van der Waals surface area contributed by atoms with E-state index in [9.17, 15) is 4.79 Å². The summed E-state index contributed by atoms with van der Waals surface area (Å²) in [5.41, 5.74) is 12.0. The van der Waals surface area contributed by atoms with E-state index in [1.165, 1.54) is 0 Å². The zero-order valence-corrected chi connectivity index (χ0v) is 8.97. The predicted octanol–water partition coefficient (Wildman–Crippen LogP) is 0.0979. The smallest absolute Gasteiger partial charge is 0.252 e. The van der Waals surface area contributed by atoms with Crippen molar-refractivity contribution in [3.05, 3.63) is 35.7 Å². The van der Waals surface area contributed by atoms with Crippen LogP contribution in [0.4, 0.5) is 11.6 Å². The molecule has 17 heavy (non-hydrogen) atoms. The molecule has 2 rings (SSSR count). The van der Waals surface area contributed by atoms with E-state index in [0.29, 0.717) is 23.7 Å². The summed E-state index contributed by atoms with van der Waals surface area (Å²) in [5.74, 6) is 0.385. The van der Waals surface area contributed by atoms with E-state index in [1.807, 2.05) is 0 Å². The minimum absolute atomic E-state index is 0.342. The first-order valence-electron chi connectivity index (χ1n) is 4.95. The molecule has 0 aliphatic rings. The number of nitrogens with zero attached hydrogens (tertiary/aromatic N) is 2. The van der Waals surface area contributed by atoms with Gasteiger partial charge in [-0.25, -0.2) is 4.98 Å². The van der Waals surface area contributed by atoms with E-state index in [1.54, 1.807) is 24.5 Å². The van der Waals surface area contributed by atoms with Crippen LogP contribution in [0.15, 0.2) is 24.5 Å². The topological polar surface area (TPSA) is 123 Å². The molecule has 0 spiro atoms. The molecule has 2 aromatic rings. The van der Waals surface area contributed by atoms with Gasteiger partial charge in [0.15, 0.2) is 0 Å². The van der Waals surface area contributed by atoms with Crippen LogP contribution in [-0.4, -0.2) is 21.1 Å². The number of aromatic amines is 1. The average Bonchev–Trinajstić information content (AvgIpc) is 2.72. The quantitative estimate of drug-likeness (QED) is 0.595. The zero-order chi connectivity index (χ0) is 12.3. The van der Waals surface area contributed by atoms with Gasteiger partial charge in [0.1, 0.15) is 11.6 Å². The number of hydrogen-bond acceptors (Lipinski definition) is 5. The number of nitrogen functional groups attached to an aromatic ring is 1. The molecule has 0 saturated heterocycles. The lowest BCUT2D eigenvalue weighted by Crippen LogP contribution is -2.15. The van der Waals surface area contributed by atoms with Crippen LogP contribution in [0.25, 0.3) is 0 Å². The summed E-state index contributed by atoms with van der Waals surface area (Å²) in [6.07, 6.45) is 3.18. The van der Waals surface area contributed by atoms with Gasteiger partial charge in [0.05, 0.1) is 11.8 Å². The van der Waals surface area contributed by atoms with Crippen molar-refractivity contribution in [2.75, 3.05) is 11.1 Å². The van der Waals surface area contributed by atoms with Crippen molar-refractivity contribution in [3.63, 3.8) is 0 Å². The second-order valence-corrected chi connectivity index (χ2v) is 3.43. The number of aromatic nitrogens is 3. The van der Waals surface area contributed by atoms with Gasteiger partial charge < -0.3 is 16.8 Å². The van der Waals surface area contributed by atoms with Crippen molar-refractivity contribution < 1.29 is 4.79 Å². The van der Waals surface area contributed by atoms with E-state index >= 15 is 0 Å². The van der Waals surface area contributed by atoms with Gasteiger partial charge >= 0.3 is 0 Å². The van der Waals surface area contributed by atoms with Crippen LogP contribution in [0.3, 0.4) is 0 Å². The molecule has 0 unspecified atom stereocenters. The highest BCUT2D eigenvalue weighted by atomic mass is 16.1. The maximum atomic E-state index is 11.1. The van der Waals surface area contributed by atoms with Gasteiger partial charge in [-0.2, -0.15) is 5.10 Å². The first-order valence-corrected chi connectivity index (χ1v) is 4.95. The third-order valence-electron chi connectivity index (χ3n) is 2.27. The molecule has 0 aliphatic heterocycles. The molecule has 88 valence electrons. The molecular formula is C10H12N6O. The van der Waals surface area contributed by atoms with Crippen molar-refractivity contribution in [2.45, 2.75) is 6.54 Å². The van der Waals surface area contributed by atoms with Gasteiger partial charge in [-0.1, -0.05) is 0 Å². The fourth-order valence-electron chi connectivity index (χ4n) is 1.39. The number of pyridine rings is 1. The first kappa shape index (κ1) is 10.9. The van der Waals surface area contributed by atoms with Gasteiger partial charge in [0.2, 0.25) is 0 Å². The van der Waals surface area contributed by atoms with Gasteiger partial charge in [-0.3, -0.25) is 9.89 Å². The number of hydrogen-bond donors (Lipinski definition) is 4. The third-order valence-corrected chi connectivity index (χ3v) is 2.27. The van der Waals surface area contributed by atoms with Crippen LogP contribution in [-0.2, 0) is 6.54 Å². The number of carbonyl (C=O) groups excluding carboxylic acids is 1. The Morgan fingerprint density at radius 2 is 2.35 bits per heavy atom. The van der Waals surface area contributed by atoms with E-state index in [2.05, 4.69) is 20.5 Å². The Morgan fingerprint density at radius 3 is 3.00 bits per heavy atom. The summed E-state index contributed by atoms with van der Waals surface area (Å²) >= 11 is 0. The van der Waals surface area contributed by atoms with Crippen LogP contribution in [0, 0.1) is 0 Å². The standard InChI is InChI=1S/C10H12N6O/c11-8-6(5-15-16-8)4-14-10-7(9(12)17)2-1-3-13-10/h1-3,5H,4H2,(H2,12,17)(H,13,14)(H3,11,15,16). The lowest BCUT2D eigenvalue weighted by Gasteiger charge is -2.07. The highest BCUT2D eigenvalue weighted by Gasteiger charge is 2.09. The Kier molecular flexibility index (Phi) is 2.91. The summed E-state index contributed by atoms with van der Waals surface area (Å²) in [4.78, 5) is 15.2. The number of carbonyl (C=O) groups is 1. The summed E-state index contributed by atoms with van der Waals surface area (Å²) in [5, 5.41) is 9.39. The second-order valence-electron chi connectivity index (χ2n) is 3.43. The number of amides is 1. The maximum Gasteiger partial charge on any atom is 0.252 e. The molecule has 0 atom stereocenters. The van der Waals surface area contributed by atoms with Gasteiger partial charge in [0.25, 0.3) is 5.91 Å². The molecule has 0 bridgehead atoms. The van der Waals surface area contributed by atoms with Crippen LogP contribution >= 0.6 is 0 Å². The number of nitrogens with one attached hydrogen (secondary N) is 2. The van der Waals surface area contributed by atoms with Crippen molar-refractivity contribution >= 4 is 17.5 Å². The third kappa shape index (κ3) is 2.33. The number of primary amides is 1. The zero-order valence-electron chi connectivity index (χ0n) is 8.97. The predicted molar refractivity (Wildman–Crippen MR) is 63.1 cm³/mol. The lowest BCUT2D eigenvalue weighted by molar-refractivity contribution is 0.100. The SMILES string of the molecule is NC(=O)c1cccnc1NCc1cn[nH]c1N. The molecule has 7 heteroatoms. The highest BCUT2D eigenvalue weighted by molar-refractivity contribution is 5.97. The van der Waals surface area contributed by atoms with Gasteiger partial charge in [-0.05, 0) is 12.1 Å². The molecular weight excluding hydrogens is 220 g/mol. The Labute approximate surface area is 97.2 Å². The maximum absolute atomic E-state index is 11.1. The Hall–Kier alpha value is -2.57. The van der Waals surface area contributed by atoms with Crippen LogP contribution in [0.5, 0.6) is 0 Å². The van der Waals surface area contributed by atoms with Crippen molar-refractivity contribution in [1.82, 2.24) is 15.2 Å². The van der Waals surface area contributed by atoms with Crippen molar-refractivity contribution in [3.8, 4) is 0 Å².